The predicted molar refractivity (Wildman–Crippen MR) is 103 cm³/mol. The molecule has 3 amide bonds. The van der Waals surface area contributed by atoms with Crippen LogP contribution in [0.4, 0.5) is 4.79 Å². The van der Waals surface area contributed by atoms with E-state index >= 15 is 0 Å². The first-order valence-electron chi connectivity index (χ1n) is 9.01. The number of hydrogen-bond donors (Lipinski definition) is 0. The molecule has 0 saturated carbocycles. The number of benzene rings is 1. The zero-order chi connectivity index (χ0) is 19.7. The van der Waals surface area contributed by atoms with Crippen LogP contribution in [0.15, 0.2) is 53.1 Å². The van der Waals surface area contributed by atoms with Crippen LogP contribution in [-0.2, 0) is 11.3 Å². The molecule has 1 unspecified atom stereocenters. The van der Waals surface area contributed by atoms with E-state index in [1.165, 1.54) is 9.48 Å². The number of fused-ring (bicyclic) bond motifs is 1. The van der Waals surface area contributed by atoms with E-state index in [-0.39, 0.29) is 18.5 Å². The second-order valence-electron chi connectivity index (χ2n) is 6.52. The van der Waals surface area contributed by atoms with Gasteiger partial charge in [-0.1, -0.05) is 41.9 Å². The maximum absolute atomic E-state index is 12.9. The third-order valence-corrected chi connectivity index (χ3v) is 4.87. The summed E-state index contributed by atoms with van der Waals surface area (Å²) in [4.78, 5) is 31.3. The number of aromatic nitrogens is 2. The Bertz CT molecular complexity index is 1020. The van der Waals surface area contributed by atoms with Gasteiger partial charge in [-0.05, 0) is 36.8 Å². The number of urea groups is 1. The lowest BCUT2D eigenvalue weighted by atomic mass is 9.94. The molecular formula is C20H18ClN4O3+. The molecule has 28 heavy (non-hydrogen) atoms. The lowest BCUT2D eigenvalue weighted by Crippen LogP contribution is -2.54. The zero-order valence-corrected chi connectivity index (χ0v) is 16.0. The van der Waals surface area contributed by atoms with Crippen molar-refractivity contribution in [1.29, 1.82) is 0 Å². The number of imide groups is 1. The molecule has 7 nitrogen and oxygen atoms in total. The molecule has 2 aliphatic rings. The van der Waals surface area contributed by atoms with Gasteiger partial charge in [-0.3, -0.25) is 0 Å². The van der Waals surface area contributed by atoms with Crippen LogP contribution in [0.5, 0.6) is 0 Å². The Kier molecular flexibility index (Phi) is 4.92. The van der Waals surface area contributed by atoms with Crippen molar-refractivity contribution in [3.63, 3.8) is 0 Å². The Morgan fingerprint density at radius 2 is 2.00 bits per heavy atom. The summed E-state index contributed by atoms with van der Waals surface area (Å²) in [6, 6.07) is 6.71. The number of carbonyl (C=O) groups is 2. The zero-order valence-electron chi connectivity index (χ0n) is 15.2. The van der Waals surface area contributed by atoms with Gasteiger partial charge in [0.25, 0.3) is 5.89 Å². The van der Waals surface area contributed by atoms with Gasteiger partial charge in [-0.25, -0.2) is 4.79 Å². The average molecular weight is 398 g/mol. The Labute approximate surface area is 166 Å². The molecule has 0 saturated heterocycles. The molecule has 4 rings (SSSR count). The second-order valence-corrected chi connectivity index (χ2v) is 6.96. The minimum Gasteiger partial charge on any atom is -0.335 e. The van der Waals surface area contributed by atoms with E-state index in [0.29, 0.717) is 35.4 Å². The van der Waals surface area contributed by atoms with Crippen LogP contribution in [0.1, 0.15) is 19.2 Å². The minimum atomic E-state index is -0.479. The minimum absolute atomic E-state index is 0.0942. The Morgan fingerprint density at radius 1 is 1.21 bits per heavy atom. The van der Waals surface area contributed by atoms with Crippen molar-refractivity contribution in [1.82, 2.24) is 15.0 Å². The summed E-state index contributed by atoms with van der Waals surface area (Å²) in [6.45, 7) is 2.39. The maximum atomic E-state index is 12.9. The lowest BCUT2D eigenvalue weighted by Gasteiger charge is -2.26. The molecule has 1 atom stereocenters. The van der Waals surface area contributed by atoms with Crippen molar-refractivity contribution in [2.24, 2.45) is 5.92 Å². The monoisotopic (exact) mass is 397 g/mol. The third-order valence-electron chi connectivity index (χ3n) is 4.62. The second kappa shape index (κ2) is 7.52. The van der Waals surface area contributed by atoms with Gasteiger partial charge >= 0.3 is 11.9 Å². The van der Waals surface area contributed by atoms with E-state index < -0.39 is 5.92 Å². The molecule has 0 fully saturated rings. The summed E-state index contributed by atoms with van der Waals surface area (Å²) in [5.41, 5.74) is 1.38. The molecule has 0 radical (unpaired) electrons. The van der Waals surface area contributed by atoms with Crippen molar-refractivity contribution in [3.8, 4) is 11.4 Å². The van der Waals surface area contributed by atoms with Gasteiger partial charge in [-0.2, -0.15) is 19.3 Å². The Hall–Kier alpha value is -3.06. The van der Waals surface area contributed by atoms with Gasteiger partial charge in [0.15, 0.2) is 6.54 Å². The first kappa shape index (κ1) is 18.3. The third kappa shape index (κ3) is 3.29. The van der Waals surface area contributed by atoms with E-state index in [1.807, 2.05) is 19.1 Å². The highest BCUT2D eigenvalue weighted by molar-refractivity contribution is 6.30. The van der Waals surface area contributed by atoms with E-state index in [4.69, 9.17) is 16.1 Å². The van der Waals surface area contributed by atoms with Crippen LogP contribution in [0.3, 0.4) is 0 Å². The number of carbonyl (C=O) groups excluding carboxylic acids is 2. The van der Waals surface area contributed by atoms with Gasteiger partial charge in [0.05, 0.1) is 6.54 Å². The molecule has 1 aliphatic carbocycles. The topological polar surface area (TPSA) is 79.3 Å². The van der Waals surface area contributed by atoms with Gasteiger partial charge in [-0.15, -0.1) is 0 Å². The number of rotatable bonds is 5. The molecule has 142 valence electrons. The van der Waals surface area contributed by atoms with Crippen molar-refractivity contribution in [3.05, 3.63) is 59.5 Å². The number of allylic oxidation sites excluding steroid dienone is 3. The molecule has 1 aliphatic heterocycles. The SMILES string of the molecule is CCCN1C(=O)C2C=CC=CC2=[N+](Cc2nc(-c3ccc(Cl)cc3)no2)C1=O. The largest absolute Gasteiger partial charge is 0.501 e. The smallest absolute Gasteiger partial charge is 0.335 e. The fraction of sp³-hybridized carbons (Fsp3) is 0.250. The van der Waals surface area contributed by atoms with E-state index in [1.54, 1.807) is 36.4 Å². The van der Waals surface area contributed by atoms with Crippen molar-refractivity contribution in [2.75, 3.05) is 6.54 Å². The molecule has 0 spiro atoms. The Balaban J connectivity index is 1.66. The van der Waals surface area contributed by atoms with Crippen LogP contribution in [-0.4, -0.2) is 43.8 Å². The summed E-state index contributed by atoms with van der Waals surface area (Å²) in [5.74, 6) is 0.0236. The summed E-state index contributed by atoms with van der Waals surface area (Å²) < 4.78 is 6.88. The van der Waals surface area contributed by atoms with E-state index in [0.717, 1.165) is 5.56 Å². The molecule has 1 aromatic carbocycles. The van der Waals surface area contributed by atoms with Crippen LogP contribution in [0.2, 0.25) is 5.02 Å². The lowest BCUT2D eigenvalue weighted by molar-refractivity contribution is -0.460. The quantitative estimate of drug-likeness (QED) is 0.722. The highest BCUT2D eigenvalue weighted by Crippen LogP contribution is 2.22. The van der Waals surface area contributed by atoms with Gasteiger partial charge in [0.2, 0.25) is 5.82 Å². The summed E-state index contributed by atoms with van der Waals surface area (Å²) in [6.07, 6.45) is 7.89. The highest BCUT2D eigenvalue weighted by atomic mass is 35.5. The molecule has 0 bridgehead atoms. The van der Waals surface area contributed by atoms with Gasteiger partial charge in [0, 0.05) is 10.6 Å². The number of amides is 3. The Morgan fingerprint density at radius 3 is 2.75 bits per heavy atom. The fourth-order valence-electron chi connectivity index (χ4n) is 3.28. The highest BCUT2D eigenvalue weighted by Gasteiger charge is 2.46. The van der Waals surface area contributed by atoms with Crippen molar-refractivity contribution in [2.45, 2.75) is 19.9 Å². The van der Waals surface area contributed by atoms with Crippen LogP contribution in [0.25, 0.3) is 11.4 Å². The maximum Gasteiger partial charge on any atom is 0.501 e. The van der Waals surface area contributed by atoms with E-state index in [9.17, 15) is 9.59 Å². The summed E-state index contributed by atoms with van der Waals surface area (Å²) in [7, 11) is 0. The van der Waals surface area contributed by atoms with Crippen molar-refractivity contribution < 1.29 is 18.7 Å². The molecule has 0 N–H and O–H groups in total. The van der Waals surface area contributed by atoms with Crippen LogP contribution >= 0.6 is 11.6 Å². The molecular weight excluding hydrogens is 380 g/mol. The predicted octanol–water partition coefficient (Wildman–Crippen LogP) is 3.46. The number of nitrogens with zero attached hydrogens (tertiary/aromatic N) is 4. The normalized spacial score (nSPS) is 18.8. The molecule has 1 aromatic heterocycles. The summed E-state index contributed by atoms with van der Waals surface area (Å²) in [5, 5.41) is 4.61. The standard InChI is InChI=1S/C20H18ClN4O3/c1-2-11-24-19(26)15-5-3-4-6-16(15)25(20(24)27)12-17-22-18(23-28-17)13-7-9-14(21)10-8-13/h3-10,15H,2,11-12H2,1H3/q+1. The van der Waals surface area contributed by atoms with Crippen molar-refractivity contribution >= 4 is 29.3 Å². The molecule has 2 heterocycles. The molecule has 2 aromatic rings. The summed E-state index contributed by atoms with van der Waals surface area (Å²) >= 11 is 5.91. The van der Waals surface area contributed by atoms with E-state index in [2.05, 4.69) is 10.1 Å². The molecule has 8 heteroatoms. The fourth-order valence-corrected chi connectivity index (χ4v) is 3.40. The number of halogens is 1. The first-order valence-corrected chi connectivity index (χ1v) is 9.39. The van der Waals surface area contributed by atoms with Crippen LogP contribution in [0, 0.1) is 5.92 Å². The first-order chi connectivity index (χ1) is 13.6. The number of hydrogen-bond acceptors (Lipinski definition) is 5. The van der Waals surface area contributed by atoms with Gasteiger partial charge in [0.1, 0.15) is 11.6 Å². The average Bonchev–Trinajstić information content (AvgIpc) is 3.18. The van der Waals surface area contributed by atoms with Gasteiger partial charge < -0.3 is 4.52 Å². The van der Waals surface area contributed by atoms with Crippen LogP contribution < -0.4 is 0 Å².